The third-order valence-corrected chi connectivity index (χ3v) is 3.79. The van der Waals surface area contributed by atoms with Gasteiger partial charge in [-0.3, -0.25) is 0 Å². The standard InChI is InChI=1S/C14H11FN2/c1-3-14-7-10(14)8-17(9-14)13-5-11(15)4-12(6-13)16-2/h1,4-6,10H,7-9H2. The van der Waals surface area contributed by atoms with Gasteiger partial charge < -0.3 is 4.90 Å². The normalized spacial score (nSPS) is 29.4. The molecule has 0 amide bonds. The van der Waals surface area contributed by atoms with Crippen molar-refractivity contribution >= 4 is 11.4 Å². The molecule has 3 rings (SSSR count). The number of fused-ring (bicyclic) bond motifs is 1. The van der Waals surface area contributed by atoms with Crippen molar-refractivity contribution in [2.24, 2.45) is 11.3 Å². The number of benzene rings is 1. The molecule has 0 spiro atoms. The van der Waals surface area contributed by atoms with Crippen LogP contribution in [0.15, 0.2) is 18.2 Å². The number of rotatable bonds is 1. The molecule has 2 fully saturated rings. The largest absolute Gasteiger partial charge is 0.371 e. The van der Waals surface area contributed by atoms with Crippen LogP contribution in [0, 0.1) is 36.1 Å². The highest BCUT2D eigenvalue weighted by Gasteiger charge is 2.59. The molecule has 0 radical (unpaired) electrons. The predicted octanol–water partition coefficient (Wildman–Crippen LogP) is 2.84. The van der Waals surface area contributed by atoms with E-state index in [1.807, 2.05) is 0 Å². The number of anilines is 1. The Morgan fingerprint density at radius 3 is 3.00 bits per heavy atom. The van der Waals surface area contributed by atoms with Crippen molar-refractivity contribution in [3.05, 3.63) is 35.4 Å². The quantitative estimate of drug-likeness (QED) is 0.528. The molecule has 3 heteroatoms. The van der Waals surface area contributed by atoms with Crippen LogP contribution in [-0.4, -0.2) is 13.1 Å². The third-order valence-electron chi connectivity index (χ3n) is 3.79. The average molecular weight is 226 g/mol. The molecule has 2 nitrogen and oxygen atoms in total. The van der Waals surface area contributed by atoms with Gasteiger partial charge in [-0.1, -0.05) is 5.92 Å². The molecule has 2 unspecified atom stereocenters. The first-order chi connectivity index (χ1) is 8.16. The molecule has 2 atom stereocenters. The predicted molar refractivity (Wildman–Crippen MR) is 64.2 cm³/mol. The highest BCUT2D eigenvalue weighted by molar-refractivity contribution is 5.61. The molecule has 2 aliphatic rings. The van der Waals surface area contributed by atoms with Crippen LogP contribution in [-0.2, 0) is 0 Å². The molecule has 17 heavy (non-hydrogen) atoms. The van der Waals surface area contributed by atoms with E-state index in [0.29, 0.717) is 11.6 Å². The first-order valence-corrected chi connectivity index (χ1v) is 5.58. The summed E-state index contributed by atoms with van der Waals surface area (Å²) in [5, 5.41) is 0. The second-order valence-corrected chi connectivity index (χ2v) is 4.86. The average Bonchev–Trinajstić information content (AvgIpc) is 2.90. The van der Waals surface area contributed by atoms with Gasteiger partial charge in [0.05, 0.1) is 12.0 Å². The van der Waals surface area contributed by atoms with Crippen molar-refractivity contribution in [2.45, 2.75) is 6.42 Å². The highest BCUT2D eigenvalue weighted by atomic mass is 19.1. The van der Waals surface area contributed by atoms with Gasteiger partial charge in [0, 0.05) is 18.8 Å². The van der Waals surface area contributed by atoms with Crippen LogP contribution in [0.3, 0.4) is 0 Å². The Bertz CT molecular complexity index is 567. The van der Waals surface area contributed by atoms with Gasteiger partial charge in [0.1, 0.15) is 5.82 Å². The minimum absolute atomic E-state index is 0.0184. The first-order valence-electron chi connectivity index (χ1n) is 5.58. The number of hydrogen-bond acceptors (Lipinski definition) is 1. The van der Waals surface area contributed by atoms with Crippen molar-refractivity contribution in [1.82, 2.24) is 0 Å². The summed E-state index contributed by atoms with van der Waals surface area (Å²) in [6.45, 7) is 8.61. The lowest BCUT2D eigenvalue weighted by molar-refractivity contribution is 0.627. The van der Waals surface area contributed by atoms with E-state index in [1.54, 1.807) is 6.07 Å². The summed E-state index contributed by atoms with van der Waals surface area (Å²) in [6, 6.07) is 4.46. The van der Waals surface area contributed by atoms with Crippen LogP contribution in [0.1, 0.15) is 6.42 Å². The van der Waals surface area contributed by atoms with E-state index in [1.165, 1.54) is 12.1 Å². The van der Waals surface area contributed by atoms with Crippen molar-refractivity contribution in [2.75, 3.05) is 18.0 Å². The summed E-state index contributed by atoms with van der Waals surface area (Å²) >= 11 is 0. The van der Waals surface area contributed by atoms with Crippen LogP contribution >= 0.6 is 0 Å². The number of piperidine rings is 1. The zero-order valence-electron chi connectivity index (χ0n) is 9.28. The summed E-state index contributed by atoms with van der Waals surface area (Å²) in [5.41, 5.74) is 1.14. The Balaban J connectivity index is 1.90. The lowest BCUT2D eigenvalue weighted by Gasteiger charge is -2.21. The van der Waals surface area contributed by atoms with Gasteiger partial charge in [0.25, 0.3) is 0 Å². The minimum Gasteiger partial charge on any atom is -0.371 e. The highest BCUT2D eigenvalue weighted by Crippen LogP contribution is 2.57. The van der Waals surface area contributed by atoms with E-state index in [2.05, 4.69) is 15.7 Å². The summed E-state index contributed by atoms with van der Waals surface area (Å²) < 4.78 is 13.3. The maximum atomic E-state index is 13.3. The van der Waals surface area contributed by atoms with Gasteiger partial charge in [-0.2, -0.15) is 0 Å². The molecule has 1 aromatic rings. The van der Waals surface area contributed by atoms with E-state index in [4.69, 9.17) is 13.0 Å². The molecule has 1 heterocycles. The van der Waals surface area contributed by atoms with Crippen LogP contribution in [0.4, 0.5) is 15.8 Å². The molecule has 84 valence electrons. The minimum atomic E-state index is -0.358. The number of hydrogen-bond donors (Lipinski definition) is 0. The summed E-state index contributed by atoms with van der Waals surface area (Å²) in [7, 11) is 0. The Labute approximate surface area is 99.9 Å². The van der Waals surface area contributed by atoms with Gasteiger partial charge in [0.2, 0.25) is 0 Å². The molecule has 1 saturated carbocycles. The molecule has 1 aliphatic heterocycles. The zero-order chi connectivity index (χ0) is 12.0. The lowest BCUT2D eigenvalue weighted by Crippen LogP contribution is -2.24. The molecule has 0 bridgehead atoms. The zero-order valence-corrected chi connectivity index (χ0v) is 9.28. The summed E-state index contributed by atoms with van der Waals surface area (Å²) in [4.78, 5) is 5.36. The van der Waals surface area contributed by atoms with Crippen LogP contribution < -0.4 is 4.90 Å². The van der Waals surface area contributed by atoms with Crippen molar-refractivity contribution in [1.29, 1.82) is 0 Å². The van der Waals surface area contributed by atoms with Crippen molar-refractivity contribution < 1.29 is 4.39 Å². The lowest BCUT2D eigenvalue weighted by atomic mass is 10.1. The monoisotopic (exact) mass is 226 g/mol. The van der Waals surface area contributed by atoms with Crippen molar-refractivity contribution in [3.63, 3.8) is 0 Å². The number of nitrogens with zero attached hydrogens (tertiary/aromatic N) is 2. The van der Waals surface area contributed by atoms with Crippen LogP contribution in [0.5, 0.6) is 0 Å². The Kier molecular flexibility index (Phi) is 1.94. The third kappa shape index (κ3) is 1.47. The number of terminal acetylenes is 1. The van der Waals surface area contributed by atoms with E-state index in [0.717, 1.165) is 25.2 Å². The number of halogens is 1. The second kappa shape index (κ2) is 3.25. The fourth-order valence-electron chi connectivity index (χ4n) is 2.71. The smallest absolute Gasteiger partial charge is 0.192 e. The van der Waals surface area contributed by atoms with Gasteiger partial charge in [-0.15, -0.1) is 6.42 Å². The van der Waals surface area contributed by atoms with E-state index in [9.17, 15) is 4.39 Å². The fraction of sp³-hybridized carbons (Fsp3) is 0.357. The van der Waals surface area contributed by atoms with Gasteiger partial charge in [-0.05, 0) is 30.5 Å². The molecule has 1 saturated heterocycles. The van der Waals surface area contributed by atoms with Crippen LogP contribution in [0.2, 0.25) is 0 Å². The van der Waals surface area contributed by atoms with Gasteiger partial charge >= 0.3 is 0 Å². The maximum Gasteiger partial charge on any atom is 0.192 e. The van der Waals surface area contributed by atoms with E-state index in [-0.39, 0.29) is 11.2 Å². The van der Waals surface area contributed by atoms with Crippen LogP contribution in [0.25, 0.3) is 4.85 Å². The molecule has 1 aliphatic carbocycles. The Morgan fingerprint density at radius 2 is 2.35 bits per heavy atom. The van der Waals surface area contributed by atoms with Gasteiger partial charge in [0.15, 0.2) is 5.69 Å². The Hall–Kier alpha value is -2.00. The molecule has 1 aromatic carbocycles. The molecular formula is C14H11FN2. The van der Waals surface area contributed by atoms with Crippen molar-refractivity contribution in [3.8, 4) is 12.3 Å². The molecule has 0 N–H and O–H groups in total. The first kappa shape index (κ1) is 10.2. The van der Waals surface area contributed by atoms with E-state index < -0.39 is 0 Å². The molecular weight excluding hydrogens is 215 g/mol. The second-order valence-electron chi connectivity index (χ2n) is 4.86. The fourth-order valence-corrected chi connectivity index (χ4v) is 2.71. The van der Waals surface area contributed by atoms with E-state index >= 15 is 0 Å². The SMILES string of the molecule is [C-]#[N+]c1cc(F)cc(N2CC3CC3(C#C)C2)c1. The topological polar surface area (TPSA) is 7.60 Å². The van der Waals surface area contributed by atoms with Gasteiger partial charge in [-0.25, -0.2) is 9.24 Å². The maximum absolute atomic E-state index is 13.3. The summed E-state index contributed by atoms with van der Waals surface area (Å²) in [5.74, 6) is 3.05. The Morgan fingerprint density at radius 1 is 1.53 bits per heavy atom. The molecule has 0 aromatic heterocycles. The summed E-state index contributed by atoms with van der Waals surface area (Å²) in [6.07, 6.45) is 6.63.